The van der Waals surface area contributed by atoms with Crippen molar-refractivity contribution in [2.24, 2.45) is 11.7 Å². The Bertz CT molecular complexity index is 482. The van der Waals surface area contributed by atoms with Crippen LogP contribution in [0.5, 0.6) is 0 Å². The number of ether oxygens (including phenoxy) is 1. The maximum Gasteiger partial charge on any atom is 0.309 e. The van der Waals surface area contributed by atoms with E-state index in [1.54, 1.807) is 11.8 Å². The Morgan fingerprint density at radius 1 is 1.29 bits per heavy atom. The average Bonchev–Trinajstić information content (AvgIpc) is 2.54. The minimum absolute atomic E-state index is 0.0801. The molecule has 0 aliphatic carbocycles. The van der Waals surface area contributed by atoms with E-state index >= 15 is 0 Å². The van der Waals surface area contributed by atoms with Crippen LogP contribution in [0.15, 0.2) is 30.3 Å². The van der Waals surface area contributed by atoms with E-state index in [1.165, 1.54) is 0 Å². The van der Waals surface area contributed by atoms with Gasteiger partial charge in [-0.2, -0.15) is 0 Å². The third-order valence-corrected chi connectivity index (χ3v) is 3.85. The van der Waals surface area contributed by atoms with Crippen LogP contribution in [-0.2, 0) is 14.3 Å². The molecule has 1 aliphatic rings. The number of carbonyl (C=O) groups excluding carboxylic acids is 2. The van der Waals surface area contributed by atoms with Crippen molar-refractivity contribution in [2.45, 2.75) is 25.8 Å². The van der Waals surface area contributed by atoms with Gasteiger partial charge in [-0.1, -0.05) is 30.3 Å². The zero-order valence-corrected chi connectivity index (χ0v) is 12.3. The Kier molecular flexibility index (Phi) is 5.33. The van der Waals surface area contributed by atoms with Crippen LogP contribution in [0.1, 0.15) is 31.4 Å². The van der Waals surface area contributed by atoms with E-state index in [0.717, 1.165) is 5.56 Å². The predicted molar refractivity (Wildman–Crippen MR) is 79.3 cm³/mol. The van der Waals surface area contributed by atoms with Gasteiger partial charge >= 0.3 is 5.97 Å². The van der Waals surface area contributed by atoms with E-state index in [9.17, 15) is 9.59 Å². The monoisotopic (exact) mass is 290 g/mol. The molecule has 1 unspecified atom stereocenters. The Morgan fingerprint density at radius 3 is 2.48 bits per heavy atom. The van der Waals surface area contributed by atoms with Gasteiger partial charge in [0.05, 0.1) is 12.5 Å². The molecular formula is C16H22N2O3. The summed E-state index contributed by atoms with van der Waals surface area (Å²) in [4.78, 5) is 25.8. The fraction of sp³-hybridized carbons (Fsp3) is 0.500. The van der Waals surface area contributed by atoms with Crippen LogP contribution in [0.25, 0.3) is 0 Å². The van der Waals surface area contributed by atoms with Gasteiger partial charge in [-0.15, -0.1) is 0 Å². The van der Waals surface area contributed by atoms with Crippen LogP contribution in [-0.4, -0.2) is 36.5 Å². The highest BCUT2D eigenvalue weighted by Crippen LogP contribution is 2.21. The van der Waals surface area contributed by atoms with E-state index in [2.05, 4.69) is 0 Å². The molecule has 1 fully saturated rings. The summed E-state index contributed by atoms with van der Waals surface area (Å²) in [6.07, 6.45) is 1.29. The van der Waals surface area contributed by atoms with E-state index in [-0.39, 0.29) is 17.8 Å². The Labute approximate surface area is 125 Å². The standard InChI is InChI=1S/C16H22N2O3/c1-2-21-16(20)13-8-10-18(11-9-13)15(19)14(17)12-6-4-3-5-7-12/h3-7,13-14H,2,8-11,17H2,1H3. The number of benzene rings is 1. The van der Waals surface area contributed by atoms with E-state index in [0.29, 0.717) is 32.5 Å². The lowest BCUT2D eigenvalue weighted by Gasteiger charge is -2.32. The van der Waals surface area contributed by atoms with Crippen LogP contribution in [0.2, 0.25) is 0 Å². The molecule has 5 nitrogen and oxygen atoms in total. The van der Waals surface area contributed by atoms with Crippen molar-refractivity contribution >= 4 is 11.9 Å². The maximum atomic E-state index is 12.4. The lowest BCUT2D eigenvalue weighted by atomic mass is 9.96. The van der Waals surface area contributed by atoms with Gasteiger partial charge in [-0.25, -0.2) is 0 Å². The lowest BCUT2D eigenvalue weighted by Crippen LogP contribution is -2.44. The predicted octanol–water partition coefficient (Wildman–Crippen LogP) is 1.49. The molecule has 1 saturated heterocycles. The molecule has 0 bridgehead atoms. The first-order valence-corrected chi connectivity index (χ1v) is 7.39. The maximum absolute atomic E-state index is 12.4. The molecule has 21 heavy (non-hydrogen) atoms. The highest BCUT2D eigenvalue weighted by molar-refractivity contribution is 5.83. The molecule has 0 aromatic heterocycles. The van der Waals surface area contributed by atoms with Crippen molar-refractivity contribution in [3.8, 4) is 0 Å². The van der Waals surface area contributed by atoms with E-state index in [1.807, 2.05) is 30.3 Å². The molecule has 114 valence electrons. The zero-order chi connectivity index (χ0) is 15.2. The number of hydrogen-bond acceptors (Lipinski definition) is 4. The number of amides is 1. The number of nitrogens with zero attached hydrogens (tertiary/aromatic N) is 1. The van der Waals surface area contributed by atoms with Crippen LogP contribution in [0.3, 0.4) is 0 Å². The summed E-state index contributed by atoms with van der Waals surface area (Å²) < 4.78 is 5.03. The molecule has 1 atom stereocenters. The molecule has 1 aliphatic heterocycles. The fourth-order valence-corrected chi connectivity index (χ4v) is 2.60. The van der Waals surface area contributed by atoms with Gasteiger partial charge in [-0.3, -0.25) is 9.59 Å². The van der Waals surface area contributed by atoms with Crippen molar-refractivity contribution in [1.29, 1.82) is 0 Å². The first kappa shape index (κ1) is 15.5. The number of rotatable bonds is 4. The summed E-state index contributed by atoms with van der Waals surface area (Å²) in [7, 11) is 0. The fourth-order valence-electron chi connectivity index (χ4n) is 2.60. The third kappa shape index (κ3) is 3.82. The summed E-state index contributed by atoms with van der Waals surface area (Å²) >= 11 is 0. The van der Waals surface area contributed by atoms with E-state index in [4.69, 9.17) is 10.5 Å². The van der Waals surface area contributed by atoms with Crippen molar-refractivity contribution < 1.29 is 14.3 Å². The molecule has 1 aromatic rings. The number of nitrogens with two attached hydrogens (primary N) is 1. The third-order valence-electron chi connectivity index (χ3n) is 3.85. The molecule has 1 aromatic carbocycles. The van der Waals surface area contributed by atoms with Gasteiger partial charge in [0.15, 0.2) is 0 Å². The van der Waals surface area contributed by atoms with Gasteiger partial charge in [0.25, 0.3) is 0 Å². The van der Waals surface area contributed by atoms with Gasteiger partial charge in [0, 0.05) is 13.1 Å². The van der Waals surface area contributed by atoms with Crippen LogP contribution in [0.4, 0.5) is 0 Å². The molecule has 2 rings (SSSR count). The molecular weight excluding hydrogens is 268 g/mol. The summed E-state index contributed by atoms with van der Waals surface area (Å²) in [5.74, 6) is -0.331. The smallest absolute Gasteiger partial charge is 0.309 e. The molecule has 1 heterocycles. The molecule has 0 spiro atoms. The number of esters is 1. The summed E-state index contributed by atoms with van der Waals surface area (Å²) in [5.41, 5.74) is 6.84. The first-order chi connectivity index (χ1) is 10.1. The number of carbonyl (C=O) groups is 2. The van der Waals surface area contributed by atoms with E-state index < -0.39 is 6.04 Å². The largest absolute Gasteiger partial charge is 0.466 e. The van der Waals surface area contributed by atoms with Crippen molar-refractivity contribution in [3.05, 3.63) is 35.9 Å². The van der Waals surface area contributed by atoms with Crippen molar-refractivity contribution in [2.75, 3.05) is 19.7 Å². The number of piperidine rings is 1. The van der Waals surface area contributed by atoms with Gasteiger partial charge in [0.1, 0.15) is 6.04 Å². The highest BCUT2D eigenvalue weighted by Gasteiger charge is 2.30. The van der Waals surface area contributed by atoms with Gasteiger partial charge in [0.2, 0.25) is 5.91 Å². The molecule has 1 amide bonds. The zero-order valence-electron chi connectivity index (χ0n) is 12.3. The minimum atomic E-state index is -0.634. The average molecular weight is 290 g/mol. The second kappa shape index (κ2) is 7.22. The Balaban J connectivity index is 1.90. The SMILES string of the molecule is CCOC(=O)C1CCN(C(=O)C(N)c2ccccc2)CC1. The number of likely N-dealkylation sites (tertiary alicyclic amines) is 1. The van der Waals surface area contributed by atoms with Gasteiger partial charge < -0.3 is 15.4 Å². The quantitative estimate of drug-likeness (QED) is 0.853. The molecule has 0 radical (unpaired) electrons. The van der Waals surface area contributed by atoms with Crippen molar-refractivity contribution in [1.82, 2.24) is 4.90 Å². The topological polar surface area (TPSA) is 72.6 Å². The first-order valence-electron chi connectivity index (χ1n) is 7.39. The highest BCUT2D eigenvalue weighted by atomic mass is 16.5. The van der Waals surface area contributed by atoms with Gasteiger partial charge in [-0.05, 0) is 25.3 Å². The Hall–Kier alpha value is -1.88. The minimum Gasteiger partial charge on any atom is -0.466 e. The molecule has 2 N–H and O–H groups in total. The number of hydrogen-bond donors (Lipinski definition) is 1. The molecule has 0 saturated carbocycles. The van der Waals surface area contributed by atoms with Crippen molar-refractivity contribution in [3.63, 3.8) is 0 Å². The lowest BCUT2D eigenvalue weighted by molar-refractivity contribution is -0.151. The summed E-state index contributed by atoms with van der Waals surface area (Å²) in [6.45, 7) is 3.32. The van der Waals surface area contributed by atoms with Crippen LogP contribution >= 0.6 is 0 Å². The second-order valence-corrected chi connectivity index (χ2v) is 5.24. The van der Waals surface area contributed by atoms with Crippen LogP contribution < -0.4 is 5.73 Å². The normalized spacial score (nSPS) is 17.3. The van der Waals surface area contributed by atoms with Crippen LogP contribution in [0, 0.1) is 5.92 Å². The second-order valence-electron chi connectivity index (χ2n) is 5.24. The summed E-state index contributed by atoms with van der Waals surface area (Å²) in [5, 5.41) is 0. The Morgan fingerprint density at radius 2 is 1.90 bits per heavy atom. The summed E-state index contributed by atoms with van der Waals surface area (Å²) in [6, 6.07) is 8.71. The molecule has 5 heteroatoms.